The van der Waals surface area contributed by atoms with E-state index in [2.05, 4.69) is 10.3 Å². The van der Waals surface area contributed by atoms with Crippen LogP contribution in [0.25, 0.3) is 0 Å². The summed E-state index contributed by atoms with van der Waals surface area (Å²) >= 11 is 0. The molecule has 0 amide bonds. The van der Waals surface area contributed by atoms with Crippen molar-refractivity contribution in [2.24, 2.45) is 0 Å². The van der Waals surface area contributed by atoms with E-state index in [1.807, 2.05) is 37.3 Å². The average molecular weight is 258 g/mol. The van der Waals surface area contributed by atoms with Crippen LogP contribution in [-0.4, -0.2) is 23.2 Å². The van der Waals surface area contributed by atoms with Crippen molar-refractivity contribution in [3.63, 3.8) is 0 Å². The summed E-state index contributed by atoms with van der Waals surface area (Å²) in [5.41, 5.74) is 1.17. The molecule has 0 bridgehead atoms. The standard InChI is InChI=1S/C15H18N2O2/c1-2-19-15-5-3-4-14(17-15)16-11-10-12-6-8-13(18)9-7-12/h3-9,18H,2,10-11H2,1H3,(H,16,17). The summed E-state index contributed by atoms with van der Waals surface area (Å²) in [6.07, 6.45) is 0.876. The van der Waals surface area contributed by atoms with Crippen LogP contribution >= 0.6 is 0 Å². The van der Waals surface area contributed by atoms with Crippen molar-refractivity contribution in [1.29, 1.82) is 0 Å². The van der Waals surface area contributed by atoms with Gasteiger partial charge in [-0.15, -0.1) is 0 Å². The number of phenols is 1. The molecule has 1 aromatic heterocycles. The fourth-order valence-corrected chi connectivity index (χ4v) is 1.74. The third-order valence-corrected chi connectivity index (χ3v) is 2.67. The molecule has 2 aromatic rings. The number of phenolic OH excluding ortho intramolecular Hbond substituents is 1. The van der Waals surface area contributed by atoms with E-state index >= 15 is 0 Å². The van der Waals surface area contributed by atoms with Gasteiger partial charge in [-0.2, -0.15) is 4.98 Å². The maximum absolute atomic E-state index is 9.20. The van der Waals surface area contributed by atoms with Crippen molar-refractivity contribution in [1.82, 2.24) is 4.98 Å². The van der Waals surface area contributed by atoms with Gasteiger partial charge in [0.1, 0.15) is 11.6 Å². The molecule has 0 saturated heterocycles. The van der Waals surface area contributed by atoms with Gasteiger partial charge in [0.05, 0.1) is 6.61 Å². The molecule has 4 nitrogen and oxygen atoms in total. The van der Waals surface area contributed by atoms with Crippen molar-refractivity contribution >= 4 is 5.82 Å². The Morgan fingerprint density at radius 3 is 2.68 bits per heavy atom. The molecule has 0 aliphatic heterocycles. The molecule has 19 heavy (non-hydrogen) atoms. The Morgan fingerprint density at radius 1 is 1.16 bits per heavy atom. The Bertz CT molecular complexity index is 512. The zero-order valence-electron chi connectivity index (χ0n) is 11.0. The number of pyridine rings is 1. The Hall–Kier alpha value is -2.23. The van der Waals surface area contributed by atoms with Gasteiger partial charge in [0.2, 0.25) is 5.88 Å². The molecule has 1 aromatic carbocycles. The highest BCUT2D eigenvalue weighted by Gasteiger charge is 1.98. The molecule has 1 heterocycles. The number of hydrogen-bond donors (Lipinski definition) is 2. The van der Waals surface area contributed by atoms with Crippen molar-refractivity contribution in [2.45, 2.75) is 13.3 Å². The molecule has 0 radical (unpaired) electrons. The second kappa shape index (κ2) is 6.64. The zero-order chi connectivity index (χ0) is 13.5. The van der Waals surface area contributed by atoms with Gasteiger partial charge in [-0.3, -0.25) is 0 Å². The Labute approximate surface area is 113 Å². The highest BCUT2D eigenvalue weighted by atomic mass is 16.5. The lowest BCUT2D eigenvalue weighted by Crippen LogP contribution is -2.06. The van der Waals surface area contributed by atoms with Crippen LogP contribution in [0.1, 0.15) is 12.5 Å². The monoisotopic (exact) mass is 258 g/mol. The first-order valence-electron chi connectivity index (χ1n) is 6.39. The molecule has 0 saturated carbocycles. The van der Waals surface area contributed by atoms with Crippen LogP contribution in [0.15, 0.2) is 42.5 Å². The quantitative estimate of drug-likeness (QED) is 0.836. The van der Waals surface area contributed by atoms with Gasteiger partial charge in [0, 0.05) is 12.6 Å². The second-order valence-electron chi connectivity index (χ2n) is 4.14. The largest absolute Gasteiger partial charge is 0.508 e. The lowest BCUT2D eigenvalue weighted by molar-refractivity contribution is 0.327. The fraction of sp³-hybridized carbons (Fsp3) is 0.267. The lowest BCUT2D eigenvalue weighted by Gasteiger charge is -2.07. The van der Waals surface area contributed by atoms with E-state index in [9.17, 15) is 5.11 Å². The predicted molar refractivity (Wildman–Crippen MR) is 75.7 cm³/mol. The molecule has 2 N–H and O–H groups in total. The van der Waals surface area contributed by atoms with Crippen molar-refractivity contribution in [2.75, 3.05) is 18.5 Å². The van der Waals surface area contributed by atoms with Gasteiger partial charge < -0.3 is 15.2 Å². The zero-order valence-corrected chi connectivity index (χ0v) is 11.0. The Morgan fingerprint density at radius 2 is 1.95 bits per heavy atom. The van der Waals surface area contributed by atoms with E-state index in [0.29, 0.717) is 18.2 Å². The van der Waals surface area contributed by atoms with E-state index in [1.54, 1.807) is 12.1 Å². The molecule has 0 atom stereocenters. The van der Waals surface area contributed by atoms with Crippen LogP contribution in [-0.2, 0) is 6.42 Å². The van der Waals surface area contributed by atoms with Gasteiger partial charge in [0.25, 0.3) is 0 Å². The summed E-state index contributed by atoms with van der Waals surface area (Å²) in [4.78, 5) is 4.33. The minimum atomic E-state index is 0.294. The van der Waals surface area contributed by atoms with Crippen LogP contribution in [0.4, 0.5) is 5.82 Å². The molecule has 2 rings (SSSR count). The van der Waals surface area contributed by atoms with Crippen LogP contribution in [0.3, 0.4) is 0 Å². The SMILES string of the molecule is CCOc1cccc(NCCc2ccc(O)cc2)n1. The Balaban J connectivity index is 1.85. The van der Waals surface area contributed by atoms with Gasteiger partial charge in [0.15, 0.2) is 0 Å². The molecule has 0 unspecified atom stereocenters. The third-order valence-electron chi connectivity index (χ3n) is 2.67. The number of benzene rings is 1. The van der Waals surface area contributed by atoms with E-state index in [0.717, 1.165) is 18.8 Å². The second-order valence-corrected chi connectivity index (χ2v) is 4.14. The lowest BCUT2D eigenvalue weighted by atomic mass is 10.1. The highest BCUT2D eigenvalue weighted by Crippen LogP contribution is 2.12. The van der Waals surface area contributed by atoms with Gasteiger partial charge in [-0.05, 0) is 37.1 Å². The summed E-state index contributed by atoms with van der Waals surface area (Å²) < 4.78 is 5.35. The van der Waals surface area contributed by atoms with E-state index in [-0.39, 0.29) is 0 Å². The Kier molecular flexibility index (Phi) is 4.61. The molecular weight excluding hydrogens is 240 g/mol. The smallest absolute Gasteiger partial charge is 0.215 e. The van der Waals surface area contributed by atoms with Gasteiger partial charge >= 0.3 is 0 Å². The number of aromatic nitrogens is 1. The molecule has 4 heteroatoms. The van der Waals surface area contributed by atoms with Gasteiger partial charge in [-0.1, -0.05) is 18.2 Å². The minimum Gasteiger partial charge on any atom is -0.508 e. The van der Waals surface area contributed by atoms with E-state index < -0.39 is 0 Å². The van der Waals surface area contributed by atoms with Crippen LogP contribution in [0.5, 0.6) is 11.6 Å². The summed E-state index contributed by atoms with van der Waals surface area (Å²) in [7, 11) is 0. The summed E-state index contributed by atoms with van der Waals surface area (Å²) in [5, 5.41) is 12.5. The number of ether oxygens (including phenoxy) is 1. The van der Waals surface area contributed by atoms with Crippen LogP contribution < -0.4 is 10.1 Å². The van der Waals surface area contributed by atoms with E-state index in [1.165, 1.54) is 5.56 Å². The number of rotatable bonds is 6. The number of nitrogens with one attached hydrogen (secondary N) is 1. The first-order chi connectivity index (χ1) is 9.28. The molecule has 0 spiro atoms. The van der Waals surface area contributed by atoms with Crippen LogP contribution in [0, 0.1) is 0 Å². The topological polar surface area (TPSA) is 54.4 Å². The summed E-state index contributed by atoms with van der Waals surface area (Å²) in [6, 6.07) is 12.9. The normalized spacial score (nSPS) is 10.2. The summed E-state index contributed by atoms with van der Waals surface area (Å²) in [6.45, 7) is 3.34. The van der Waals surface area contributed by atoms with Crippen molar-refractivity contribution < 1.29 is 9.84 Å². The maximum atomic E-state index is 9.20. The van der Waals surface area contributed by atoms with Crippen LogP contribution in [0.2, 0.25) is 0 Å². The first-order valence-corrected chi connectivity index (χ1v) is 6.39. The number of aromatic hydroxyl groups is 1. The molecular formula is C15H18N2O2. The number of nitrogens with zero attached hydrogens (tertiary/aromatic N) is 1. The molecule has 0 aliphatic rings. The summed E-state index contributed by atoms with van der Waals surface area (Å²) in [5.74, 6) is 1.74. The maximum Gasteiger partial charge on any atom is 0.215 e. The predicted octanol–water partition coefficient (Wildman–Crippen LogP) is 2.84. The van der Waals surface area contributed by atoms with E-state index in [4.69, 9.17) is 4.74 Å². The average Bonchev–Trinajstić information content (AvgIpc) is 2.42. The number of hydrogen-bond acceptors (Lipinski definition) is 4. The molecule has 0 aliphatic carbocycles. The molecule has 0 fully saturated rings. The van der Waals surface area contributed by atoms with Gasteiger partial charge in [-0.25, -0.2) is 0 Å². The minimum absolute atomic E-state index is 0.294. The third kappa shape index (κ3) is 4.17. The molecule has 100 valence electrons. The first kappa shape index (κ1) is 13.2. The highest BCUT2D eigenvalue weighted by molar-refractivity contribution is 5.37. The fourth-order valence-electron chi connectivity index (χ4n) is 1.74. The number of anilines is 1. The van der Waals surface area contributed by atoms with Crippen molar-refractivity contribution in [3.8, 4) is 11.6 Å². The van der Waals surface area contributed by atoms with Crippen molar-refractivity contribution in [3.05, 3.63) is 48.0 Å².